The molecule has 4 rings (SSSR count). The normalized spacial score (nSPS) is 18.6. The maximum Gasteiger partial charge on any atom is 0.250 e. The van der Waals surface area contributed by atoms with Crippen LogP contribution < -0.4 is 10.6 Å². The Kier molecular flexibility index (Phi) is 15.8. The SMILES string of the molecule is CC(=O)N[C@@H](CSC1CC(=O)C(CCCC(=O)CN(CC(=O)C2SS2)C(=O)COCC(=O)Nc2ccc(CCC(=O)N3CCC3=O)cc2)C1=O)C(C)=O. The van der Waals surface area contributed by atoms with Crippen molar-refractivity contribution in [2.24, 2.45) is 5.92 Å². The Bertz CT molecular complexity index is 1630. The fourth-order valence-corrected chi connectivity index (χ4v) is 8.22. The average Bonchev–Trinajstić information content (AvgIpc) is 3.91. The Labute approximate surface area is 318 Å². The number of imide groups is 1. The van der Waals surface area contributed by atoms with Gasteiger partial charge in [-0.05, 0) is 43.9 Å². The number of carbonyl (C=O) groups excluding carboxylic acids is 10. The summed E-state index contributed by atoms with van der Waals surface area (Å²) in [6.07, 6.45) is 1.35. The molecule has 15 nitrogen and oxygen atoms in total. The number of nitrogens with one attached hydrogen (secondary N) is 2. The number of ether oxygens (including phenoxy) is 1. The number of hydrogen-bond acceptors (Lipinski definition) is 14. The molecule has 1 aromatic carbocycles. The molecule has 0 radical (unpaired) electrons. The van der Waals surface area contributed by atoms with Crippen LogP contribution in [0.4, 0.5) is 5.69 Å². The smallest absolute Gasteiger partial charge is 0.250 e. The van der Waals surface area contributed by atoms with Crippen molar-refractivity contribution in [2.45, 2.75) is 74.7 Å². The van der Waals surface area contributed by atoms with E-state index in [0.29, 0.717) is 25.1 Å². The summed E-state index contributed by atoms with van der Waals surface area (Å²) in [6.45, 7) is 1.36. The maximum atomic E-state index is 13.0. The van der Waals surface area contributed by atoms with Crippen molar-refractivity contribution in [3.05, 3.63) is 29.8 Å². The second-order valence-corrected chi connectivity index (χ2v) is 16.9. The molecule has 2 saturated heterocycles. The molecule has 0 bridgehead atoms. The van der Waals surface area contributed by atoms with Crippen molar-refractivity contribution >= 4 is 97.5 Å². The van der Waals surface area contributed by atoms with Gasteiger partial charge in [0.25, 0.3) is 0 Å². The predicted octanol–water partition coefficient (Wildman–Crippen LogP) is 1.55. The summed E-state index contributed by atoms with van der Waals surface area (Å²) in [5.41, 5.74) is 1.32. The number of β-lactam (4-membered cyclic amide) rings is 1. The van der Waals surface area contributed by atoms with Crippen molar-refractivity contribution in [1.29, 1.82) is 0 Å². The molecule has 53 heavy (non-hydrogen) atoms. The number of ketones is 5. The first-order chi connectivity index (χ1) is 25.2. The number of amides is 5. The third-order valence-electron chi connectivity index (χ3n) is 8.71. The van der Waals surface area contributed by atoms with Crippen LogP contribution in [0, 0.1) is 5.92 Å². The number of thioether (sulfide) groups is 1. The zero-order valence-corrected chi connectivity index (χ0v) is 31.9. The molecule has 286 valence electrons. The molecule has 2 aliphatic heterocycles. The molecule has 2 unspecified atom stereocenters. The Morgan fingerprint density at radius 1 is 0.981 bits per heavy atom. The Balaban J connectivity index is 1.18. The number of aryl methyl sites for hydroxylation is 1. The summed E-state index contributed by atoms with van der Waals surface area (Å²) in [5, 5.41) is 4.54. The lowest BCUT2D eigenvalue weighted by molar-refractivity contribution is -0.152. The van der Waals surface area contributed by atoms with Crippen LogP contribution in [0.25, 0.3) is 0 Å². The van der Waals surface area contributed by atoms with Crippen molar-refractivity contribution < 1.29 is 52.7 Å². The summed E-state index contributed by atoms with van der Waals surface area (Å²) in [4.78, 5) is 125. The van der Waals surface area contributed by atoms with Gasteiger partial charge >= 0.3 is 0 Å². The number of hydrogen-bond donors (Lipinski definition) is 2. The van der Waals surface area contributed by atoms with Gasteiger partial charge in [0.2, 0.25) is 29.5 Å². The van der Waals surface area contributed by atoms with E-state index in [2.05, 4.69) is 10.6 Å². The summed E-state index contributed by atoms with van der Waals surface area (Å²) in [7, 11) is 2.70. The highest BCUT2D eigenvalue weighted by atomic mass is 33.2. The molecule has 18 heteroatoms. The van der Waals surface area contributed by atoms with Crippen LogP contribution in [0.15, 0.2) is 24.3 Å². The minimum absolute atomic E-state index is 0.00571. The van der Waals surface area contributed by atoms with Crippen molar-refractivity contribution in [3.8, 4) is 0 Å². The molecular weight excluding hydrogens is 749 g/mol. The largest absolute Gasteiger partial charge is 0.362 e. The average molecular weight is 791 g/mol. The highest BCUT2D eigenvalue weighted by molar-refractivity contribution is 8.93. The Hall–Kier alpha value is -3.87. The first-order valence-electron chi connectivity index (χ1n) is 17.1. The summed E-state index contributed by atoms with van der Waals surface area (Å²) >= 11 is 1.15. The van der Waals surface area contributed by atoms with E-state index in [1.54, 1.807) is 24.3 Å². The third-order valence-corrected chi connectivity index (χ3v) is 12.1. The van der Waals surface area contributed by atoms with Crippen LogP contribution in [0.5, 0.6) is 0 Å². The molecule has 1 aromatic rings. The lowest BCUT2D eigenvalue weighted by atomic mass is 9.98. The Morgan fingerprint density at radius 3 is 2.30 bits per heavy atom. The van der Waals surface area contributed by atoms with Gasteiger partial charge in [0.15, 0.2) is 23.1 Å². The number of anilines is 1. The lowest BCUT2D eigenvalue weighted by Crippen LogP contribution is -2.47. The van der Waals surface area contributed by atoms with Gasteiger partial charge in [0.1, 0.15) is 23.6 Å². The number of rotatable bonds is 22. The zero-order chi connectivity index (χ0) is 38.7. The standard InChI is InChI=1S/C35H42N4O11S3/c1-20(40)26(36-21(2)41)19-51-29-14-27(43)25(34(29)49)5-3-4-24(42)15-38(16-28(44)35-52-53-35)33(48)18-50-17-30(45)37-23-9-6-22(7-10-23)8-11-31(46)39-13-12-32(39)47/h6-7,9-10,25-26,29,35H,3-5,8,11-19H2,1-2H3,(H,36,41)(H,37,45)/t25?,26-,29?/m0/s1. The first-order valence-corrected chi connectivity index (χ1v) is 20.4. The van der Waals surface area contributed by atoms with Gasteiger partial charge in [-0.2, -0.15) is 0 Å². The summed E-state index contributed by atoms with van der Waals surface area (Å²) in [5.74, 6) is -4.06. The van der Waals surface area contributed by atoms with E-state index in [4.69, 9.17) is 4.74 Å². The van der Waals surface area contributed by atoms with Gasteiger partial charge in [0, 0.05) is 50.6 Å². The van der Waals surface area contributed by atoms with Crippen LogP contribution in [0.2, 0.25) is 0 Å². The molecule has 3 aliphatic rings. The van der Waals surface area contributed by atoms with Crippen molar-refractivity contribution in [3.63, 3.8) is 0 Å². The molecule has 1 aliphatic carbocycles. The number of likely N-dealkylation sites (tertiary alicyclic amines) is 1. The van der Waals surface area contributed by atoms with Crippen LogP contribution in [0.3, 0.4) is 0 Å². The fourth-order valence-electron chi connectivity index (χ4n) is 5.64. The van der Waals surface area contributed by atoms with E-state index in [-0.39, 0.29) is 102 Å². The molecule has 2 N–H and O–H groups in total. The van der Waals surface area contributed by atoms with Crippen LogP contribution >= 0.6 is 33.3 Å². The molecule has 3 atom stereocenters. The maximum absolute atomic E-state index is 13.0. The second-order valence-electron chi connectivity index (χ2n) is 12.9. The quantitative estimate of drug-likeness (QED) is 0.0739. The number of carbonyl (C=O) groups is 10. The van der Waals surface area contributed by atoms with Gasteiger partial charge in [-0.1, -0.05) is 33.7 Å². The molecule has 1 saturated carbocycles. The van der Waals surface area contributed by atoms with Crippen molar-refractivity contribution in [1.82, 2.24) is 15.1 Å². The topological polar surface area (TPSA) is 210 Å². The third kappa shape index (κ3) is 13.2. The summed E-state index contributed by atoms with van der Waals surface area (Å²) < 4.78 is 4.99. The minimum Gasteiger partial charge on any atom is -0.362 e. The molecule has 2 heterocycles. The molecule has 0 aromatic heterocycles. The molecule has 3 fully saturated rings. The van der Waals surface area contributed by atoms with Crippen LogP contribution in [-0.4, -0.2) is 123 Å². The number of benzene rings is 1. The number of Topliss-reactive ketones (excluding diaryl/α,β-unsaturated/α-hetero) is 5. The van der Waals surface area contributed by atoms with Crippen LogP contribution in [0.1, 0.15) is 57.9 Å². The lowest BCUT2D eigenvalue weighted by Gasteiger charge is -2.28. The molecular formula is C35H42N4O11S3. The van der Waals surface area contributed by atoms with E-state index in [1.165, 1.54) is 40.3 Å². The highest BCUT2D eigenvalue weighted by Crippen LogP contribution is 2.53. The summed E-state index contributed by atoms with van der Waals surface area (Å²) in [6, 6.07) is 6.04. The van der Waals surface area contributed by atoms with E-state index in [1.807, 2.05) is 0 Å². The highest BCUT2D eigenvalue weighted by Gasteiger charge is 2.41. The van der Waals surface area contributed by atoms with Gasteiger partial charge in [-0.25, -0.2) is 0 Å². The first kappa shape index (κ1) is 41.9. The van der Waals surface area contributed by atoms with E-state index in [0.717, 1.165) is 22.2 Å². The predicted molar refractivity (Wildman–Crippen MR) is 198 cm³/mol. The second kappa shape index (κ2) is 20.0. The van der Waals surface area contributed by atoms with Gasteiger partial charge in [0.05, 0.1) is 30.3 Å². The molecule has 5 amide bonds. The van der Waals surface area contributed by atoms with Crippen LogP contribution in [-0.2, 0) is 59.1 Å². The molecule has 0 spiro atoms. The van der Waals surface area contributed by atoms with Crippen molar-refractivity contribution in [2.75, 3.05) is 43.9 Å². The monoisotopic (exact) mass is 790 g/mol. The number of nitrogens with zero attached hydrogens (tertiary/aromatic N) is 2. The zero-order valence-electron chi connectivity index (χ0n) is 29.4. The van der Waals surface area contributed by atoms with E-state index < -0.39 is 42.2 Å². The van der Waals surface area contributed by atoms with E-state index >= 15 is 0 Å². The van der Waals surface area contributed by atoms with Gasteiger partial charge < -0.3 is 20.3 Å². The minimum atomic E-state index is -0.878. The fraction of sp³-hybridized carbons (Fsp3) is 0.543. The van der Waals surface area contributed by atoms with Gasteiger partial charge in [-0.3, -0.25) is 52.8 Å². The van der Waals surface area contributed by atoms with E-state index in [9.17, 15) is 47.9 Å². The Morgan fingerprint density at radius 2 is 1.70 bits per heavy atom. The van der Waals surface area contributed by atoms with Gasteiger partial charge in [-0.15, -0.1) is 11.8 Å².